The summed E-state index contributed by atoms with van der Waals surface area (Å²) in [6.45, 7) is 2.03. The number of hydrogen-bond acceptors (Lipinski definition) is 8. The van der Waals surface area contributed by atoms with Gasteiger partial charge >= 0.3 is 0 Å². The van der Waals surface area contributed by atoms with Crippen molar-refractivity contribution in [3.63, 3.8) is 0 Å². The summed E-state index contributed by atoms with van der Waals surface area (Å²) in [5, 5.41) is 13.4. The fourth-order valence-electron chi connectivity index (χ4n) is 3.49. The van der Waals surface area contributed by atoms with Gasteiger partial charge in [-0.3, -0.25) is 9.36 Å². The third-order valence-electron chi connectivity index (χ3n) is 5.42. The van der Waals surface area contributed by atoms with Gasteiger partial charge < -0.3 is 14.2 Å². The first-order chi connectivity index (χ1) is 18.0. The van der Waals surface area contributed by atoms with Gasteiger partial charge in [-0.15, -0.1) is 10.2 Å². The van der Waals surface area contributed by atoms with Crippen LogP contribution in [-0.4, -0.2) is 54.0 Å². The number of aryl methyl sites for hydroxylation is 1. The van der Waals surface area contributed by atoms with Gasteiger partial charge in [-0.2, -0.15) is 5.10 Å². The van der Waals surface area contributed by atoms with Crippen LogP contribution in [0.5, 0.6) is 17.2 Å². The highest BCUT2D eigenvalue weighted by Crippen LogP contribution is 2.29. The van der Waals surface area contributed by atoms with E-state index in [-0.39, 0.29) is 11.7 Å². The van der Waals surface area contributed by atoms with Crippen LogP contribution in [0.25, 0.3) is 17.1 Å². The van der Waals surface area contributed by atoms with Gasteiger partial charge in [-0.25, -0.2) is 5.43 Å². The smallest absolute Gasteiger partial charge is 0.250 e. The molecule has 4 aromatic rings. The van der Waals surface area contributed by atoms with E-state index < -0.39 is 0 Å². The first kappa shape index (κ1) is 25.8. The van der Waals surface area contributed by atoms with Crippen molar-refractivity contribution in [2.45, 2.75) is 12.1 Å². The van der Waals surface area contributed by atoms with Crippen LogP contribution in [0.2, 0.25) is 0 Å². The van der Waals surface area contributed by atoms with Crippen LogP contribution in [0.4, 0.5) is 0 Å². The van der Waals surface area contributed by atoms with Crippen molar-refractivity contribution < 1.29 is 19.0 Å². The number of nitrogens with zero attached hydrogens (tertiary/aromatic N) is 4. The molecule has 37 heavy (non-hydrogen) atoms. The summed E-state index contributed by atoms with van der Waals surface area (Å²) in [4.78, 5) is 12.5. The van der Waals surface area contributed by atoms with Crippen LogP contribution in [0.3, 0.4) is 0 Å². The topological polar surface area (TPSA) is 99.9 Å². The predicted octanol–water partition coefficient (Wildman–Crippen LogP) is 4.51. The van der Waals surface area contributed by atoms with E-state index in [1.54, 1.807) is 39.7 Å². The molecule has 4 rings (SSSR count). The number of carbonyl (C=O) groups is 1. The minimum atomic E-state index is -0.272. The minimum Gasteiger partial charge on any atom is -0.497 e. The minimum absolute atomic E-state index is 0.107. The number of thioether (sulfide) groups is 1. The fourth-order valence-corrected chi connectivity index (χ4v) is 4.24. The van der Waals surface area contributed by atoms with Crippen LogP contribution in [0.1, 0.15) is 11.1 Å². The molecule has 0 aliphatic heterocycles. The number of ether oxygens (including phenoxy) is 3. The van der Waals surface area contributed by atoms with E-state index in [9.17, 15) is 4.79 Å². The second-order valence-corrected chi connectivity index (χ2v) is 8.84. The van der Waals surface area contributed by atoms with Crippen molar-refractivity contribution in [1.29, 1.82) is 0 Å². The Hall–Kier alpha value is -4.31. The fraction of sp³-hybridized carbons (Fsp3) is 0.185. The average molecular weight is 518 g/mol. The Balaban J connectivity index is 1.48. The number of hydrazone groups is 1. The summed E-state index contributed by atoms with van der Waals surface area (Å²) < 4.78 is 17.7. The molecule has 0 aliphatic carbocycles. The van der Waals surface area contributed by atoms with Crippen molar-refractivity contribution in [2.75, 3.05) is 27.1 Å². The Bertz CT molecular complexity index is 1390. The number of aromatic nitrogens is 3. The largest absolute Gasteiger partial charge is 0.497 e. The summed E-state index contributed by atoms with van der Waals surface area (Å²) in [6, 6.07) is 21.0. The standard InChI is InChI=1S/C27H27N5O4S/c1-18-5-10-21(11-6-18)32-26(20-8-12-22(34-2)13-9-20)30-31-27(32)37-17-25(33)29-28-16-19-7-14-23(35-3)24(15-19)36-4/h5-16H,17H2,1-4H3,(H,29,33). The van der Waals surface area contributed by atoms with Crippen LogP contribution in [-0.2, 0) is 4.79 Å². The van der Waals surface area contributed by atoms with Gasteiger partial charge in [0.1, 0.15) is 5.75 Å². The van der Waals surface area contributed by atoms with Crippen molar-refractivity contribution >= 4 is 23.9 Å². The Morgan fingerprint density at radius 3 is 2.35 bits per heavy atom. The van der Waals surface area contributed by atoms with Crippen LogP contribution in [0.15, 0.2) is 77.0 Å². The Morgan fingerprint density at radius 2 is 1.68 bits per heavy atom. The Morgan fingerprint density at radius 1 is 0.946 bits per heavy atom. The highest BCUT2D eigenvalue weighted by Gasteiger charge is 2.17. The summed E-state index contributed by atoms with van der Waals surface area (Å²) in [6.07, 6.45) is 1.54. The Labute approximate surface area is 219 Å². The van der Waals surface area contributed by atoms with E-state index in [1.165, 1.54) is 11.8 Å². The normalized spacial score (nSPS) is 10.9. The monoisotopic (exact) mass is 517 g/mol. The molecular weight excluding hydrogens is 490 g/mol. The van der Waals surface area contributed by atoms with Gasteiger partial charge in [0.2, 0.25) is 0 Å². The Kier molecular flexibility index (Phi) is 8.42. The molecule has 190 valence electrons. The van der Waals surface area contributed by atoms with Crippen molar-refractivity contribution in [2.24, 2.45) is 5.10 Å². The third-order valence-corrected chi connectivity index (χ3v) is 6.35. The molecule has 0 aliphatic rings. The maximum atomic E-state index is 12.5. The van der Waals surface area contributed by atoms with E-state index in [4.69, 9.17) is 14.2 Å². The van der Waals surface area contributed by atoms with Gasteiger partial charge in [0, 0.05) is 11.3 Å². The van der Waals surface area contributed by atoms with Crippen LogP contribution in [0, 0.1) is 6.92 Å². The lowest BCUT2D eigenvalue weighted by atomic mass is 10.2. The molecule has 1 heterocycles. The summed E-state index contributed by atoms with van der Waals surface area (Å²) in [5.74, 6) is 2.45. The quantitative estimate of drug-likeness (QED) is 0.188. The second-order valence-electron chi connectivity index (χ2n) is 7.90. The zero-order chi connectivity index (χ0) is 26.2. The molecule has 9 nitrogen and oxygen atoms in total. The third kappa shape index (κ3) is 6.28. The zero-order valence-corrected chi connectivity index (χ0v) is 21.8. The highest BCUT2D eigenvalue weighted by atomic mass is 32.2. The second kappa shape index (κ2) is 12.1. The number of methoxy groups -OCH3 is 3. The number of carbonyl (C=O) groups excluding carboxylic acids is 1. The van der Waals surface area contributed by atoms with Gasteiger partial charge in [0.15, 0.2) is 22.5 Å². The van der Waals surface area contributed by atoms with Crippen molar-refractivity contribution in [3.05, 3.63) is 77.9 Å². The SMILES string of the molecule is COc1ccc(-c2nnc(SCC(=O)NN=Cc3ccc(OC)c(OC)c3)n2-c2ccc(C)cc2)cc1. The van der Waals surface area contributed by atoms with Crippen molar-refractivity contribution in [3.8, 4) is 34.3 Å². The molecule has 0 unspecified atom stereocenters. The predicted molar refractivity (Wildman–Crippen MR) is 144 cm³/mol. The summed E-state index contributed by atoms with van der Waals surface area (Å²) >= 11 is 1.28. The lowest BCUT2D eigenvalue weighted by Crippen LogP contribution is -2.20. The lowest BCUT2D eigenvalue weighted by Gasteiger charge is -2.11. The molecule has 0 saturated heterocycles. The van der Waals surface area contributed by atoms with E-state index >= 15 is 0 Å². The van der Waals surface area contributed by atoms with Crippen LogP contribution < -0.4 is 19.6 Å². The van der Waals surface area contributed by atoms with E-state index in [1.807, 2.05) is 66.1 Å². The summed E-state index contributed by atoms with van der Waals surface area (Å²) in [5.41, 5.74) is 6.23. The zero-order valence-electron chi connectivity index (χ0n) is 21.0. The number of benzene rings is 3. The molecular formula is C27H27N5O4S. The van der Waals surface area contributed by atoms with Crippen LogP contribution >= 0.6 is 11.8 Å². The molecule has 0 bridgehead atoms. The molecule has 0 fully saturated rings. The molecule has 3 aromatic carbocycles. The van der Waals surface area contributed by atoms with E-state index in [2.05, 4.69) is 20.7 Å². The number of hydrogen-bond donors (Lipinski definition) is 1. The molecule has 0 atom stereocenters. The maximum absolute atomic E-state index is 12.5. The van der Waals surface area contributed by atoms with E-state index in [0.29, 0.717) is 22.5 Å². The van der Waals surface area contributed by atoms with Crippen molar-refractivity contribution in [1.82, 2.24) is 20.2 Å². The molecule has 10 heteroatoms. The highest BCUT2D eigenvalue weighted by molar-refractivity contribution is 7.99. The number of nitrogens with one attached hydrogen (secondary N) is 1. The van der Waals surface area contributed by atoms with Gasteiger partial charge in [-0.05, 0) is 67.1 Å². The number of amides is 1. The van der Waals surface area contributed by atoms with Gasteiger partial charge in [-0.1, -0.05) is 29.5 Å². The average Bonchev–Trinajstić information content (AvgIpc) is 3.36. The molecule has 0 saturated carbocycles. The first-order valence-electron chi connectivity index (χ1n) is 11.4. The molecule has 1 amide bonds. The molecule has 0 radical (unpaired) electrons. The van der Waals surface area contributed by atoms with E-state index in [0.717, 1.165) is 28.1 Å². The molecule has 1 aromatic heterocycles. The molecule has 0 spiro atoms. The van der Waals surface area contributed by atoms with Gasteiger partial charge in [0.05, 0.1) is 33.3 Å². The summed E-state index contributed by atoms with van der Waals surface area (Å²) in [7, 11) is 4.76. The van der Waals surface area contributed by atoms with Gasteiger partial charge in [0.25, 0.3) is 5.91 Å². The maximum Gasteiger partial charge on any atom is 0.250 e. The lowest BCUT2D eigenvalue weighted by molar-refractivity contribution is -0.118. The molecule has 1 N–H and O–H groups in total. The number of rotatable bonds is 10. The first-order valence-corrected chi connectivity index (χ1v) is 12.3.